The van der Waals surface area contributed by atoms with E-state index < -0.39 is 0 Å². The molecule has 3 N–H and O–H groups in total. The van der Waals surface area contributed by atoms with Gasteiger partial charge in [0.25, 0.3) is 0 Å². The summed E-state index contributed by atoms with van der Waals surface area (Å²) in [5.41, 5.74) is 8.42. The van der Waals surface area contributed by atoms with Crippen molar-refractivity contribution in [2.45, 2.75) is 12.5 Å². The van der Waals surface area contributed by atoms with Crippen molar-refractivity contribution in [2.75, 3.05) is 12.8 Å². The van der Waals surface area contributed by atoms with Gasteiger partial charge in [-0.2, -0.15) is 0 Å². The third-order valence-electron chi connectivity index (χ3n) is 3.05. The highest BCUT2D eigenvalue weighted by molar-refractivity contribution is 9.10. The molecule has 2 rings (SSSR count). The molecule has 2 aromatic rings. The van der Waals surface area contributed by atoms with Crippen molar-refractivity contribution in [3.8, 4) is 0 Å². The molecule has 1 heterocycles. The van der Waals surface area contributed by atoms with E-state index in [9.17, 15) is 4.39 Å². The quantitative estimate of drug-likeness (QED) is 0.909. The van der Waals surface area contributed by atoms with Gasteiger partial charge in [0.15, 0.2) is 0 Å². The van der Waals surface area contributed by atoms with E-state index in [1.165, 1.54) is 12.1 Å². The summed E-state index contributed by atoms with van der Waals surface area (Å²) in [6, 6.07) is 6.40. The van der Waals surface area contributed by atoms with Gasteiger partial charge in [-0.3, -0.25) is 4.98 Å². The van der Waals surface area contributed by atoms with Gasteiger partial charge in [-0.1, -0.05) is 15.9 Å². The van der Waals surface area contributed by atoms with E-state index in [0.29, 0.717) is 12.1 Å². The van der Waals surface area contributed by atoms with E-state index >= 15 is 0 Å². The zero-order chi connectivity index (χ0) is 13.8. The number of rotatable bonds is 4. The molecule has 100 valence electrons. The van der Waals surface area contributed by atoms with Crippen molar-refractivity contribution >= 4 is 21.6 Å². The van der Waals surface area contributed by atoms with Gasteiger partial charge < -0.3 is 11.1 Å². The Morgan fingerprint density at radius 2 is 2.21 bits per heavy atom. The Morgan fingerprint density at radius 1 is 1.42 bits per heavy atom. The first-order valence-electron chi connectivity index (χ1n) is 5.92. The topological polar surface area (TPSA) is 50.9 Å². The van der Waals surface area contributed by atoms with Crippen LogP contribution in [0, 0.1) is 5.82 Å². The highest BCUT2D eigenvalue weighted by Crippen LogP contribution is 2.27. The van der Waals surface area contributed by atoms with Crippen molar-refractivity contribution in [2.24, 2.45) is 0 Å². The monoisotopic (exact) mass is 323 g/mol. The molecular weight excluding hydrogens is 309 g/mol. The molecular formula is C14H15BrFN3. The first-order chi connectivity index (χ1) is 9.11. The van der Waals surface area contributed by atoms with Crippen molar-refractivity contribution in [1.29, 1.82) is 0 Å². The zero-order valence-electron chi connectivity index (χ0n) is 10.5. The molecule has 0 bridgehead atoms. The Labute approximate surface area is 120 Å². The molecule has 0 fully saturated rings. The van der Waals surface area contributed by atoms with Gasteiger partial charge in [0.1, 0.15) is 5.82 Å². The van der Waals surface area contributed by atoms with Crippen LogP contribution in [-0.2, 0) is 6.42 Å². The normalized spacial score (nSPS) is 12.4. The average molecular weight is 324 g/mol. The number of nitrogens with two attached hydrogens (primary N) is 1. The second-order valence-electron chi connectivity index (χ2n) is 4.29. The number of likely N-dealkylation sites (N-methyl/N-ethyl adjacent to an activating group) is 1. The van der Waals surface area contributed by atoms with E-state index in [1.54, 1.807) is 24.5 Å². The van der Waals surface area contributed by atoms with Crippen molar-refractivity contribution in [3.05, 3.63) is 58.1 Å². The summed E-state index contributed by atoms with van der Waals surface area (Å²) < 4.78 is 14.2. The predicted octanol–water partition coefficient (Wildman–Crippen LogP) is 3.07. The smallest absolute Gasteiger partial charge is 0.123 e. The van der Waals surface area contributed by atoms with Gasteiger partial charge in [0, 0.05) is 28.6 Å². The molecule has 5 heteroatoms. The van der Waals surface area contributed by atoms with Gasteiger partial charge in [-0.25, -0.2) is 4.39 Å². The largest absolute Gasteiger partial charge is 0.398 e. The van der Waals surface area contributed by atoms with Crippen LogP contribution in [0.25, 0.3) is 0 Å². The summed E-state index contributed by atoms with van der Waals surface area (Å²) in [5.74, 6) is -0.252. The SMILES string of the molecule is CNC(Cc1cnccc1N)c1cc(F)ccc1Br. The van der Waals surface area contributed by atoms with E-state index in [-0.39, 0.29) is 11.9 Å². The standard InChI is InChI=1S/C14H15BrFN3/c1-18-14(6-9-8-19-5-4-13(9)17)11-7-10(16)2-3-12(11)15/h2-5,7-8,14,18H,6H2,1H3,(H2,17,19). The lowest BCUT2D eigenvalue weighted by atomic mass is 9.99. The van der Waals surface area contributed by atoms with Crippen LogP contribution in [0.1, 0.15) is 17.2 Å². The second-order valence-corrected chi connectivity index (χ2v) is 5.14. The van der Waals surface area contributed by atoms with E-state index in [1.807, 2.05) is 7.05 Å². The summed E-state index contributed by atoms with van der Waals surface area (Å²) in [7, 11) is 1.84. The van der Waals surface area contributed by atoms with Crippen LogP contribution >= 0.6 is 15.9 Å². The van der Waals surface area contributed by atoms with Crippen LogP contribution in [0.2, 0.25) is 0 Å². The second kappa shape index (κ2) is 6.12. The van der Waals surface area contributed by atoms with Gasteiger partial charge in [-0.05, 0) is 48.9 Å². The predicted molar refractivity (Wildman–Crippen MR) is 78.3 cm³/mol. The van der Waals surface area contributed by atoms with Crippen molar-refractivity contribution in [1.82, 2.24) is 10.3 Å². The highest BCUT2D eigenvalue weighted by Gasteiger charge is 2.15. The number of halogens is 2. The molecule has 19 heavy (non-hydrogen) atoms. The van der Waals surface area contributed by atoms with Gasteiger partial charge in [0.2, 0.25) is 0 Å². The van der Waals surface area contributed by atoms with Gasteiger partial charge in [-0.15, -0.1) is 0 Å². The average Bonchev–Trinajstić information content (AvgIpc) is 2.41. The third kappa shape index (κ3) is 3.30. The maximum absolute atomic E-state index is 13.4. The number of anilines is 1. The molecule has 1 atom stereocenters. The fourth-order valence-corrected chi connectivity index (χ4v) is 2.50. The Morgan fingerprint density at radius 3 is 2.89 bits per heavy atom. The number of hydrogen-bond donors (Lipinski definition) is 2. The fourth-order valence-electron chi connectivity index (χ4n) is 1.98. The van der Waals surface area contributed by atoms with E-state index in [4.69, 9.17) is 5.73 Å². The zero-order valence-corrected chi connectivity index (χ0v) is 12.1. The van der Waals surface area contributed by atoms with Gasteiger partial charge in [0.05, 0.1) is 0 Å². The number of pyridine rings is 1. The molecule has 0 aliphatic heterocycles. The molecule has 0 radical (unpaired) electrons. The molecule has 0 spiro atoms. The Bertz CT molecular complexity index is 574. The van der Waals surface area contributed by atoms with E-state index in [2.05, 4.69) is 26.2 Å². The van der Waals surface area contributed by atoms with Crippen molar-refractivity contribution in [3.63, 3.8) is 0 Å². The summed E-state index contributed by atoms with van der Waals surface area (Å²) in [6.07, 6.45) is 4.05. The molecule has 1 aromatic heterocycles. The highest BCUT2D eigenvalue weighted by atomic mass is 79.9. The Kier molecular flexibility index (Phi) is 4.50. The molecule has 0 saturated heterocycles. The number of nitrogens with one attached hydrogen (secondary N) is 1. The van der Waals surface area contributed by atoms with Crippen LogP contribution in [0.4, 0.5) is 10.1 Å². The Hall–Kier alpha value is -1.46. The number of nitrogen functional groups attached to an aromatic ring is 1. The summed E-state index contributed by atoms with van der Waals surface area (Å²) >= 11 is 3.45. The lowest BCUT2D eigenvalue weighted by molar-refractivity contribution is 0.575. The summed E-state index contributed by atoms with van der Waals surface area (Å²) in [6.45, 7) is 0. The summed E-state index contributed by atoms with van der Waals surface area (Å²) in [4.78, 5) is 4.07. The molecule has 1 unspecified atom stereocenters. The molecule has 0 amide bonds. The number of nitrogens with zero attached hydrogens (tertiary/aromatic N) is 1. The molecule has 0 aliphatic rings. The third-order valence-corrected chi connectivity index (χ3v) is 3.77. The van der Waals surface area contributed by atoms with E-state index in [0.717, 1.165) is 15.6 Å². The molecule has 1 aromatic carbocycles. The minimum absolute atomic E-state index is 0.0309. The maximum atomic E-state index is 13.4. The molecule has 0 aliphatic carbocycles. The van der Waals surface area contributed by atoms with Crippen LogP contribution in [0.15, 0.2) is 41.1 Å². The first kappa shape index (κ1) is 14.0. The van der Waals surface area contributed by atoms with Crippen molar-refractivity contribution < 1.29 is 4.39 Å². The number of benzene rings is 1. The lowest BCUT2D eigenvalue weighted by Crippen LogP contribution is -2.20. The van der Waals surface area contributed by atoms with Crippen LogP contribution in [0.5, 0.6) is 0 Å². The summed E-state index contributed by atoms with van der Waals surface area (Å²) in [5, 5.41) is 3.18. The van der Waals surface area contributed by atoms with Crippen LogP contribution in [-0.4, -0.2) is 12.0 Å². The number of hydrogen-bond acceptors (Lipinski definition) is 3. The van der Waals surface area contributed by atoms with Crippen LogP contribution in [0.3, 0.4) is 0 Å². The number of aromatic nitrogens is 1. The minimum Gasteiger partial charge on any atom is -0.398 e. The fraction of sp³-hybridized carbons (Fsp3) is 0.214. The minimum atomic E-state index is -0.252. The first-order valence-corrected chi connectivity index (χ1v) is 6.71. The molecule has 0 saturated carbocycles. The maximum Gasteiger partial charge on any atom is 0.123 e. The lowest BCUT2D eigenvalue weighted by Gasteiger charge is -2.19. The van der Waals surface area contributed by atoms with Crippen LogP contribution < -0.4 is 11.1 Å². The van der Waals surface area contributed by atoms with Gasteiger partial charge >= 0.3 is 0 Å². The molecule has 3 nitrogen and oxygen atoms in total. The Balaban J connectivity index is 2.30.